The summed E-state index contributed by atoms with van der Waals surface area (Å²) in [6, 6.07) is 0.860. The van der Waals surface area contributed by atoms with Crippen LogP contribution in [0.15, 0.2) is 18.5 Å². The Balaban J connectivity index is 2.45. The summed E-state index contributed by atoms with van der Waals surface area (Å²) in [5.41, 5.74) is -1.95. The van der Waals surface area contributed by atoms with Gasteiger partial charge in [-0.05, 0) is 25.5 Å². The lowest BCUT2D eigenvalue weighted by Gasteiger charge is -2.26. The molecule has 0 bridgehead atoms. The molecule has 0 radical (unpaired) electrons. The van der Waals surface area contributed by atoms with E-state index in [1.807, 2.05) is 6.92 Å². The molecule has 6 heteroatoms. The molecule has 1 N–H and O–H groups in total. The zero-order valence-corrected chi connectivity index (χ0v) is 10.5. The average Bonchev–Trinajstić information content (AvgIpc) is 2.87. The molecule has 1 aromatic rings. The number of carbonyl (C=O) groups excluding carboxylic acids is 1. The van der Waals surface area contributed by atoms with E-state index < -0.39 is 22.9 Å². The minimum Gasteiger partial charge on any atom is -0.316 e. The van der Waals surface area contributed by atoms with Gasteiger partial charge in [-0.25, -0.2) is 0 Å². The van der Waals surface area contributed by atoms with Crippen LogP contribution in [0, 0.1) is 5.41 Å². The van der Waals surface area contributed by atoms with Crippen LogP contribution in [0.5, 0.6) is 0 Å². The minimum atomic E-state index is -4.53. The summed E-state index contributed by atoms with van der Waals surface area (Å²) in [6.45, 7) is 2.91. The van der Waals surface area contributed by atoms with Crippen molar-refractivity contribution in [3.8, 4) is 0 Å². The third-order valence-electron chi connectivity index (χ3n) is 3.77. The molecule has 0 aromatic carbocycles. The maximum Gasteiger partial charge on any atom is 0.417 e. The number of hydrogen-bond acceptors (Lipinski definition) is 3. The van der Waals surface area contributed by atoms with Crippen LogP contribution in [-0.4, -0.2) is 23.9 Å². The molecule has 3 nitrogen and oxygen atoms in total. The maximum absolute atomic E-state index is 12.9. The van der Waals surface area contributed by atoms with Crippen LogP contribution in [0.3, 0.4) is 0 Å². The van der Waals surface area contributed by atoms with Crippen LogP contribution in [-0.2, 0) is 6.18 Å². The molecule has 1 aromatic heterocycles. The zero-order valence-electron chi connectivity index (χ0n) is 10.5. The van der Waals surface area contributed by atoms with E-state index in [0.717, 1.165) is 18.5 Å². The number of carbonyl (C=O) groups is 1. The van der Waals surface area contributed by atoms with Gasteiger partial charge in [0.05, 0.1) is 5.56 Å². The molecule has 104 valence electrons. The van der Waals surface area contributed by atoms with Gasteiger partial charge in [0.1, 0.15) is 0 Å². The Morgan fingerprint density at radius 2 is 2.26 bits per heavy atom. The van der Waals surface area contributed by atoms with Crippen molar-refractivity contribution in [1.82, 2.24) is 10.3 Å². The average molecular weight is 272 g/mol. The van der Waals surface area contributed by atoms with Gasteiger partial charge >= 0.3 is 6.18 Å². The highest BCUT2D eigenvalue weighted by atomic mass is 19.4. The van der Waals surface area contributed by atoms with Gasteiger partial charge in [0.15, 0.2) is 5.78 Å². The number of nitrogens with zero attached hydrogens (tertiary/aromatic N) is 1. The van der Waals surface area contributed by atoms with Crippen LogP contribution in [0.1, 0.15) is 35.7 Å². The predicted molar refractivity (Wildman–Crippen MR) is 63.8 cm³/mol. The lowest BCUT2D eigenvalue weighted by atomic mass is 9.76. The predicted octanol–water partition coefficient (Wildman–Crippen LogP) is 2.67. The van der Waals surface area contributed by atoms with Gasteiger partial charge in [-0.3, -0.25) is 9.78 Å². The Kier molecular flexibility index (Phi) is 3.62. The lowest BCUT2D eigenvalue weighted by molar-refractivity contribution is -0.138. The van der Waals surface area contributed by atoms with E-state index in [-0.39, 0.29) is 5.56 Å². The number of Topliss-reactive ketones (excluding diaryl/α,β-unsaturated/α-hetero) is 1. The molecule has 0 spiro atoms. The SMILES string of the molecule is CCC1(C(=O)c2cnccc2C(F)(F)F)CCNC1. The summed E-state index contributed by atoms with van der Waals surface area (Å²) in [5, 5.41) is 3.05. The van der Waals surface area contributed by atoms with Crippen LogP contribution >= 0.6 is 0 Å². The molecule has 1 aliphatic heterocycles. The molecule has 1 atom stereocenters. The van der Waals surface area contributed by atoms with E-state index in [1.165, 1.54) is 0 Å². The number of hydrogen-bond donors (Lipinski definition) is 1. The Morgan fingerprint density at radius 1 is 1.53 bits per heavy atom. The van der Waals surface area contributed by atoms with Gasteiger partial charge in [-0.15, -0.1) is 0 Å². The number of aromatic nitrogens is 1. The smallest absolute Gasteiger partial charge is 0.316 e. The van der Waals surface area contributed by atoms with Gasteiger partial charge in [0.2, 0.25) is 0 Å². The molecule has 0 aliphatic carbocycles. The maximum atomic E-state index is 12.9. The third-order valence-corrected chi connectivity index (χ3v) is 3.77. The van der Waals surface area contributed by atoms with Gasteiger partial charge in [0.25, 0.3) is 0 Å². The quantitative estimate of drug-likeness (QED) is 0.860. The first-order valence-corrected chi connectivity index (χ1v) is 6.17. The molecule has 0 saturated carbocycles. The van der Waals surface area contributed by atoms with E-state index in [2.05, 4.69) is 10.3 Å². The fourth-order valence-corrected chi connectivity index (χ4v) is 2.51. The molecule has 19 heavy (non-hydrogen) atoms. The van der Waals surface area contributed by atoms with Crippen molar-refractivity contribution in [1.29, 1.82) is 0 Å². The summed E-state index contributed by atoms with van der Waals surface area (Å²) >= 11 is 0. The van der Waals surface area contributed by atoms with Crippen molar-refractivity contribution in [3.63, 3.8) is 0 Å². The fraction of sp³-hybridized carbons (Fsp3) is 0.538. The van der Waals surface area contributed by atoms with E-state index in [9.17, 15) is 18.0 Å². The number of rotatable bonds is 3. The van der Waals surface area contributed by atoms with Crippen molar-refractivity contribution in [2.75, 3.05) is 13.1 Å². The van der Waals surface area contributed by atoms with Gasteiger partial charge < -0.3 is 5.32 Å². The second kappa shape index (κ2) is 4.92. The van der Waals surface area contributed by atoms with Crippen molar-refractivity contribution in [2.24, 2.45) is 5.41 Å². The highest BCUT2D eigenvalue weighted by Gasteiger charge is 2.44. The van der Waals surface area contributed by atoms with E-state index in [1.54, 1.807) is 0 Å². The van der Waals surface area contributed by atoms with Crippen LogP contribution in [0.2, 0.25) is 0 Å². The summed E-state index contributed by atoms with van der Waals surface area (Å²) in [6.07, 6.45) is -1.36. The Bertz CT molecular complexity index is 479. The second-order valence-corrected chi connectivity index (χ2v) is 4.81. The lowest BCUT2D eigenvalue weighted by Crippen LogP contribution is -2.34. The van der Waals surface area contributed by atoms with Crippen molar-refractivity contribution < 1.29 is 18.0 Å². The fourth-order valence-electron chi connectivity index (χ4n) is 2.51. The largest absolute Gasteiger partial charge is 0.417 e. The standard InChI is InChI=1S/C13H15F3N2O/c1-2-12(4-6-18-8-12)11(19)9-7-17-5-3-10(9)13(14,15)16/h3,5,7,18H,2,4,6,8H2,1H3. The minimum absolute atomic E-state index is 0.319. The van der Waals surface area contributed by atoms with Crippen LogP contribution < -0.4 is 5.32 Å². The molecule has 0 amide bonds. The van der Waals surface area contributed by atoms with Crippen molar-refractivity contribution in [3.05, 3.63) is 29.6 Å². The first-order chi connectivity index (χ1) is 8.91. The molecule has 2 rings (SSSR count). The molecule has 2 heterocycles. The molecular weight excluding hydrogens is 257 g/mol. The Hall–Kier alpha value is -1.43. The number of pyridine rings is 1. The van der Waals surface area contributed by atoms with Crippen molar-refractivity contribution in [2.45, 2.75) is 25.9 Å². The first kappa shape index (κ1) is 14.0. The zero-order chi connectivity index (χ0) is 14.1. The normalized spacial score (nSPS) is 23.6. The van der Waals surface area contributed by atoms with Gasteiger partial charge in [-0.1, -0.05) is 6.92 Å². The third kappa shape index (κ3) is 2.49. The molecule has 1 aliphatic rings. The molecule has 1 fully saturated rings. The topological polar surface area (TPSA) is 42.0 Å². The number of alkyl halides is 3. The number of halogens is 3. The van der Waals surface area contributed by atoms with E-state index in [4.69, 9.17) is 0 Å². The second-order valence-electron chi connectivity index (χ2n) is 4.81. The molecular formula is C13H15F3N2O. The van der Waals surface area contributed by atoms with Gasteiger partial charge in [0, 0.05) is 29.9 Å². The Morgan fingerprint density at radius 3 is 2.79 bits per heavy atom. The monoisotopic (exact) mass is 272 g/mol. The first-order valence-electron chi connectivity index (χ1n) is 6.17. The highest BCUT2D eigenvalue weighted by Crippen LogP contribution is 2.38. The summed E-state index contributed by atoms with van der Waals surface area (Å²) in [5.74, 6) is -0.458. The molecule has 1 unspecified atom stereocenters. The van der Waals surface area contributed by atoms with Crippen LogP contribution in [0.25, 0.3) is 0 Å². The van der Waals surface area contributed by atoms with Gasteiger partial charge in [-0.2, -0.15) is 13.2 Å². The summed E-state index contributed by atoms with van der Waals surface area (Å²) < 4.78 is 38.8. The van der Waals surface area contributed by atoms with Crippen molar-refractivity contribution >= 4 is 5.78 Å². The molecule has 1 saturated heterocycles. The van der Waals surface area contributed by atoms with E-state index >= 15 is 0 Å². The van der Waals surface area contributed by atoms with E-state index in [0.29, 0.717) is 25.9 Å². The number of ketones is 1. The number of nitrogens with one attached hydrogen (secondary N) is 1. The highest BCUT2D eigenvalue weighted by molar-refractivity contribution is 6.02. The van der Waals surface area contributed by atoms with Crippen LogP contribution in [0.4, 0.5) is 13.2 Å². The Labute approximate surface area is 109 Å². The summed E-state index contributed by atoms with van der Waals surface area (Å²) in [4.78, 5) is 16.2. The summed E-state index contributed by atoms with van der Waals surface area (Å²) in [7, 11) is 0.